The van der Waals surface area contributed by atoms with Gasteiger partial charge < -0.3 is 0 Å². The first-order valence-electron chi connectivity index (χ1n) is 4.41. The highest BCUT2D eigenvalue weighted by Crippen LogP contribution is 2.29. The first-order chi connectivity index (χ1) is 5.24. The van der Waals surface area contributed by atoms with Crippen LogP contribution >= 0.6 is 0 Å². The molecule has 1 aliphatic carbocycles. The molecule has 1 rings (SSSR count). The zero-order chi connectivity index (χ0) is 8.27. The second-order valence-electron chi connectivity index (χ2n) is 3.63. The van der Waals surface area contributed by atoms with E-state index in [0.29, 0.717) is 11.8 Å². The number of hydrogen-bond acceptors (Lipinski definition) is 1. The van der Waals surface area contributed by atoms with Gasteiger partial charge in [-0.05, 0) is 30.3 Å². The van der Waals surface area contributed by atoms with Crippen molar-refractivity contribution in [3.63, 3.8) is 0 Å². The van der Waals surface area contributed by atoms with E-state index in [-0.39, 0.29) is 0 Å². The summed E-state index contributed by atoms with van der Waals surface area (Å²) in [7, 11) is 0. The average molecular weight is 152 g/mol. The highest BCUT2D eigenvalue weighted by Gasteiger charge is 2.16. The van der Waals surface area contributed by atoms with Crippen molar-refractivity contribution in [1.82, 2.24) is 0 Å². The molecule has 0 aliphatic heterocycles. The molecule has 1 aliphatic rings. The molecular formula is C10H16O. The van der Waals surface area contributed by atoms with Crippen molar-refractivity contribution in [2.24, 2.45) is 11.8 Å². The van der Waals surface area contributed by atoms with Crippen molar-refractivity contribution in [1.29, 1.82) is 0 Å². The minimum Gasteiger partial charge on any atom is -0.298 e. The summed E-state index contributed by atoms with van der Waals surface area (Å²) in [5.41, 5.74) is 0.981. The fraction of sp³-hybridized carbons (Fsp3) is 0.700. The van der Waals surface area contributed by atoms with Gasteiger partial charge in [0.2, 0.25) is 0 Å². The minimum atomic E-state index is 0.396. The second kappa shape index (κ2) is 3.70. The Morgan fingerprint density at radius 2 is 2.09 bits per heavy atom. The highest BCUT2D eigenvalue weighted by molar-refractivity contribution is 5.73. The van der Waals surface area contributed by atoms with Crippen molar-refractivity contribution in [2.75, 3.05) is 0 Å². The van der Waals surface area contributed by atoms with Crippen LogP contribution in [0.2, 0.25) is 0 Å². The van der Waals surface area contributed by atoms with E-state index in [1.54, 1.807) is 0 Å². The predicted octanol–water partition coefficient (Wildman–Crippen LogP) is 2.57. The molecule has 0 atom stereocenters. The number of allylic oxidation sites excluding steroid dienone is 2. The maximum absolute atomic E-state index is 10.6. The average Bonchev–Trinajstić information content (AvgIpc) is 1.85. The van der Waals surface area contributed by atoms with Crippen molar-refractivity contribution in [3.05, 3.63) is 11.6 Å². The second-order valence-corrected chi connectivity index (χ2v) is 3.63. The van der Waals surface area contributed by atoms with Crippen LogP contribution in [0.15, 0.2) is 11.6 Å². The molecule has 62 valence electrons. The summed E-state index contributed by atoms with van der Waals surface area (Å²) in [6, 6.07) is 0. The van der Waals surface area contributed by atoms with Crippen LogP contribution in [-0.2, 0) is 4.79 Å². The first-order valence-corrected chi connectivity index (χ1v) is 4.41. The number of hydrogen-bond donors (Lipinski definition) is 0. The Bertz CT molecular complexity index is 164. The van der Waals surface area contributed by atoms with Gasteiger partial charge in [-0.2, -0.15) is 0 Å². The molecule has 0 aromatic carbocycles. The Kier molecular flexibility index (Phi) is 2.86. The Morgan fingerprint density at radius 1 is 1.45 bits per heavy atom. The van der Waals surface area contributed by atoms with Gasteiger partial charge in [-0.15, -0.1) is 0 Å². The molecule has 0 bridgehead atoms. The van der Waals surface area contributed by atoms with E-state index in [2.05, 4.69) is 19.9 Å². The van der Waals surface area contributed by atoms with Crippen molar-refractivity contribution in [2.45, 2.75) is 33.1 Å². The lowest BCUT2D eigenvalue weighted by atomic mass is 9.83. The van der Waals surface area contributed by atoms with Crippen molar-refractivity contribution in [3.8, 4) is 0 Å². The van der Waals surface area contributed by atoms with E-state index < -0.39 is 0 Å². The normalized spacial score (nSPS) is 20.1. The van der Waals surface area contributed by atoms with Gasteiger partial charge in [0.25, 0.3) is 0 Å². The van der Waals surface area contributed by atoms with Crippen molar-refractivity contribution < 1.29 is 4.79 Å². The van der Waals surface area contributed by atoms with Crippen LogP contribution in [0.1, 0.15) is 33.1 Å². The standard InChI is InChI=1S/C10H16O/c1-8(2)10(7-11)6-9-4-3-5-9/h6-9H,3-5H2,1-2H3. The lowest BCUT2D eigenvalue weighted by Gasteiger charge is -2.22. The topological polar surface area (TPSA) is 17.1 Å². The summed E-state index contributed by atoms with van der Waals surface area (Å²) in [6.07, 6.45) is 7.06. The van der Waals surface area contributed by atoms with Gasteiger partial charge in [0.05, 0.1) is 0 Å². The predicted molar refractivity (Wildman–Crippen MR) is 46.3 cm³/mol. The maximum Gasteiger partial charge on any atom is 0.145 e. The molecule has 0 radical (unpaired) electrons. The number of aldehydes is 1. The molecule has 0 aromatic heterocycles. The monoisotopic (exact) mass is 152 g/mol. The van der Waals surface area contributed by atoms with Gasteiger partial charge in [-0.3, -0.25) is 4.79 Å². The zero-order valence-electron chi connectivity index (χ0n) is 7.34. The third-order valence-electron chi connectivity index (χ3n) is 2.38. The molecule has 0 unspecified atom stereocenters. The molecule has 0 aromatic rings. The van der Waals surface area contributed by atoms with Gasteiger partial charge >= 0.3 is 0 Å². The van der Waals surface area contributed by atoms with E-state index in [1.807, 2.05) is 0 Å². The molecule has 11 heavy (non-hydrogen) atoms. The van der Waals surface area contributed by atoms with E-state index in [4.69, 9.17) is 0 Å². The van der Waals surface area contributed by atoms with Crippen LogP contribution in [0.3, 0.4) is 0 Å². The number of carbonyl (C=O) groups is 1. The molecule has 1 heteroatoms. The molecule has 0 N–H and O–H groups in total. The third kappa shape index (κ3) is 2.18. The van der Waals surface area contributed by atoms with Gasteiger partial charge in [0.15, 0.2) is 0 Å². The Labute approximate surface area is 68.5 Å². The smallest absolute Gasteiger partial charge is 0.145 e. The highest BCUT2D eigenvalue weighted by atomic mass is 16.1. The fourth-order valence-electron chi connectivity index (χ4n) is 1.25. The summed E-state index contributed by atoms with van der Waals surface area (Å²) in [6.45, 7) is 4.14. The van der Waals surface area contributed by atoms with Crippen molar-refractivity contribution >= 4 is 6.29 Å². The molecule has 1 saturated carbocycles. The van der Waals surface area contributed by atoms with Gasteiger partial charge in [-0.1, -0.05) is 26.3 Å². The molecule has 0 spiro atoms. The molecule has 0 heterocycles. The van der Waals surface area contributed by atoms with E-state index >= 15 is 0 Å². The minimum absolute atomic E-state index is 0.396. The van der Waals surface area contributed by atoms with Gasteiger partial charge in [-0.25, -0.2) is 0 Å². The quantitative estimate of drug-likeness (QED) is 0.448. The summed E-state index contributed by atoms with van der Waals surface area (Å²) >= 11 is 0. The van der Waals surface area contributed by atoms with Crippen LogP contribution in [0, 0.1) is 11.8 Å². The first kappa shape index (κ1) is 8.51. The maximum atomic E-state index is 10.6. The van der Waals surface area contributed by atoms with Gasteiger partial charge in [0, 0.05) is 0 Å². The molecule has 1 nitrogen and oxygen atoms in total. The van der Waals surface area contributed by atoms with Crippen LogP contribution in [0.5, 0.6) is 0 Å². The molecule has 1 fully saturated rings. The SMILES string of the molecule is CC(C)C(C=O)=CC1CCC1. The van der Waals surface area contributed by atoms with Crippen LogP contribution in [0.4, 0.5) is 0 Å². The Hall–Kier alpha value is -0.590. The molecular weight excluding hydrogens is 136 g/mol. The third-order valence-corrected chi connectivity index (χ3v) is 2.38. The van der Waals surface area contributed by atoms with Crippen LogP contribution < -0.4 is 0 Å². The summed E-state index contributed by atoms with van der Waals surface area (Å²) in [5, 5.41) is 0. The zero-order valence-corrected chi connectivity index (χ0v) is 7.34. The molecule has 0 saturated heterocycles. The Morgan fingerprint density at radius 3 is 2.36 bits per heavy atom. The lowest BCUT2D eigenvalue weighted by molar-refractivity contribution is -0.105. The Balaban J connectivity index is 2.50. The van der Waals surface area contributed by atoms with E-state index in [0.717, 1.165) is 11.9 Å². The van der Waals surface area contributed by atoms with E-state index in [1.165, 1.54) is 19.3 Å². The fourth-order valence-corrected chi connectivity index (χ4v) is 1.25. The largest absolute Gasteiger partial charge is 0.298 e. The lowest BCUT2D eigenvalue weighted by Crippen LogP contribution is -2.10. The number of carbonyl (C=O) groups excluding carboxylic acids is 1. The summed E-state index contributed by atoms with van der Waals surface area (Å²) in [5.74, 6) is 1.10. The van der Waals surface area contributed by atoms with Crippen LogP contribution in [0.25, 0.3) is 0 Å². The number of rotatable bonds is 3. The van der Waals surface area contributed by atoms with Gasteiger partial charge in [0.1, 0.15) is 6.29 Å². The van der Waals surface area contributed by atoms with Crippen LogP contribution in [-0.4, -0.2) is 6.29 Å². The summed E-state index contributed by atoms with van der Waals surface area (Å²) < 4.78 is 0. The van der Waals surface area contributed by atoms with E-state index in [9.17, 15) is 4.79 Å². The summed E-state index contributed by atoms with van der Waals surface area (Å²) in [4.78, 5) is 10.6. The molecule has 0 amide bonds.